The van der Waals surface area contributed by atoms with E-state index in [1.54, 1.807) is 43.5 Å². The van der Waals surface area contributed by atoms with Crippen LogP contribution in [0.2, 0.25) is 0 Å². The third-order valence-electron chi connectivity index (χ3n) is 4.89. The van der Waals surface area contributed by atoms with Gasteiger partial charge in [0.15, 0.2) is 6.61 Å². The summed E-state index contributed by atoms with van der Waals surface area (Å²) in [6, 6.07) is 23.2. The summed E-state index contributed by atoms with van der Waals surface area (Å²) < 4.78 is 10.2. The summed E-state index contributed by atoms with van der Waals surface area (Å²) in [4.78, 5) is 36.7. The first kappa shape index (κ1) is 24.3. The van der Waals surface area contributed by atoms with Crippen molar-refractivity contribution in [1.82, 2.24) is 5.32 Å². The van der Waals surface area contributed by atoms with E-state index in [9.17, 15) is 14.4 Å². The molecule has 0 saturated heterocycles. The Hall–Kier alpha value is -4.39. The number of carbonyl (C=O) groups excluding carboxylic acids is 3. The Bertz CT molecular complexity index is 1160. The van der Waals surface area contributed by atoms with Gasteiger partial charge in [-0.3, -0.25) is 9.59 Å². The molecule has 2 amide bonds. The van der Waals surface area contributed by atoms with Gasteiger partial charge in [0.25, 0.3) is 5.91 Å². The fourth-order valence-corrected chi connectivity index (χ4v) is 3.12. The maximum absolute atomic E-state index is 12.4. The predicted molar refractivity (Wildman–Crippen MR) is 131 cm³/mol. The molecule has 0 bridgehead atoms. The number of hydrogen-bond donors (Lipinski definition) is 2. The van der Waals surface area contributed by atoms with Crippen LogP contribution in [0.5, 0.6) is 5.75 Å². The lowest BCUT2D eigenvalue weighted by Gasteiger charge is -2.14. The first-order valence-corrected chi connectivity index (χ1v) is 10.7. The molecule has 0 aliphatic carbocycles. The van der Waals surface area contributed by atoms with Crippen LogP contribution in [0.15, 0.2) is 84.9 Å². The number of rotatable bonds is 9. The minimum atomic E-state index is -0.919. The first-order valence-electron chi connectivity index (χ1n) is 10.7. The van der Waals surface area contributed by atoms with Crippen molar-refractivity contribution in [2.45, 2.75) is 13.0 Å². The van der Waals surface area contributed by atoms with E-state index in [4.69, 9.17) is 9.47 Å². The average Bonchev–Trinajstić information content (AvgIpc) is 2.87. The second kappa shape index (κ2) is 12.0. The van der Waals surface area contributed by atoms with E-state index in [1.807, 2.05) is 48.5 Å². The largest absolute Gasteiger partial charge is 0.497 e. The van der Waals surface area contributed by atoms with E-state index >= 15 is 0 Å². The van der Waals surface area contributed by atoms with Crippen molar-refractivity contribution in [3.05, 3.63) is 90.5 Å². The van der Waals surface area contributed by atoms with Crippen molar-refractivity contribution < 1.29 is 23.9 Å². The smallest absolute Gasteiger partial charge is 0.328 e. The maximum atomic E-state index is 12.4. The van der Waals surface area contributed by atoms with E-state index in [1.165, 1.54) is 13.0 Å². The van der Waals surface area contributed by atoms with Crippen LogP contribution in [0, 0.1) is 0 Å². The number of para-hydroxylation sites is 1. The number of ether oxygens (including phenoxy) is 2. The molecule has 3 aromatic rings. The van der Waals surface area contributed by atoms with Crippen LogP contribution >= 0.6 is 0 Å². The molecule has 0 aliphatic rings. The normalized spacial score (nSPS) is 11.5. The molecule has 1 unspecified atom stereocenters. The van der Waals surface area contributed by atoms with Crippen molar-refractivity contribution in [3.63, 3.8) is 0 Å². The van der Waals surface area contributed by atoms with E-state index in [-0.39, 0.29) is 0 Å². The van der Waals surface area contributed by atoms with Crippen molar-refractivity contribution >= 4 is 29.5 Å². The number of anilines is 1. The Kier molecular flexibility index (Phi) is 8.57. The third kappa shape index (κ3) is 7.06. The lowest BCUT2D eigenvalue weighted by Crippen LogP contribution is -2.39. The van der Waals surface area contributed by atoms with Gasteiger partial charge in [-0.25, -0.2) is 4.79 Å². The fraction of sp³-hybridized carbons (Fsp3) is 0.148. The summed E-state index contributed by atoms with van der Waals surface area (Å²) >= 11 is 0. The van der Waals surface area contributed by atoms with E-state index in [0.29, 0.717) is 11.4 Å². The average molecular weight is 459 g/mol. The molecule has 0 heterocycles. The predicted octanol–water partition coefficient (Wildman–Crippen LogP) is 4.06. The molecule has 0 spiro atoms. The Labute approximate surface area is 198 Å². The molecule has 0 fully saturated rings. The van der Waals surface area contributed by atoms with Gasteiger partial charge in [0, 0.05) is 17.3 Å². The van der Waals surface area contributed by atoms with Crippen LogP contribution in [-0.4, -0.2) is 37.5 Å². The zero-order chi connectivity index (χ0) is 24.3. The molecular weight excluding hydrogens is 432 g/mol. The Morgan fingerprint density at radius 2 is 1.59 bits per heavy atom. The molecule has 0 radical (unpaired) electrons. The van der Waals surface area contributed by atoms with Crippen LogP contribution in [-0.2, 0) is 19.1 Å². The number of methoxy groups -OCH3 is 1. The monoisotopic (exact) mass is 458 g/mol. The minimum absolute atomic E-state index is 0.457. The Balaban J connectivity index is 1.48. The highest BCUT2D eigenvalue weighted by Crippen LogP contribution is 2.27. The van der Waals surface area contributed by atoms with Gasteiger partial charge in [-0.2, -0.15) is 0 Å². The quantitative estimate of drug-likeness (QED) is 0.373. The molecule has 7 nitrogen and oxygen atoms in total. The summed E-state index contributed by atoms with van der Waals surface area (Å²) in [5.41, 5.74) is 3.22. The second-order valence-electron chi connectivity index (χ2n) is 7.40. The summed E-state index contributed by atoms with van der Waals surface area (Å²) in [7, 11) is 1.58. The van der Waals surface area contributed by atoms with Gasteiger partial charge in [-0.1, -0.05) is 60.7 Å². The van der Waals surface area contributed by atoms with Crippen LogP contribution in [0.1, 0.15) is 12.5 Å². The molecule has 34 heavy (non-hydrogen) atoms. The Morgan fingerprint density at radius 3 is 2.29 bits per heavy atom. The van der Waals surface area contributed by atoms with Crippen LogP contribution < -0.4 is 15.4 Å². The van der Waals surface area contributed by atoms with Gasteiger partial charge in [-0.15, -0.1) is 0 Å². The summed E-state index contributed by atoms with van der Waals surface area (Å²) in [6.45, 7) is 1.02. The van der Waals surface area contributed by atoms with Crippen LogP contribution in [0.4, 0.5) is 5.69 Å². The SMILES string of the molecule is COc1ccc(C=CC(=O)NC(C)C(=O)OCC(=O)Nc2ccccc2-c2ccccc2)cc1. The molecule has 1 atom stereocenters. The van der Waals surface area contributed by atoms with Crippen molar-refractivity contribution in [3.8, 4) is 16.9 Å². The number of carbonyl (C=O) groups is 3. The highest BCUT2D eigenvalue weighted by Gasteiger charge is 2.18. The second-order valence-corrected chi connectivity index (χ2v) is 7.40. The van der Waals surface area contributed by atoms with Gasteiger partial charge in [0.1, 0.15) is 11.8 Å². The summed E-state index contributed by atoms with van der Waals surface area (Å²) in [5, 5.41) is 5.29. The molecule has 3 aromatic carbocycles. The van der Waals surface area contributed by atoms with Gasteiger partial charge < -0.3 is 20.1 Å². The number of nitrogens with one attached hydrogen (secondary N) is 2. The van der Waals surface area contributed by atoms with Crippen LogP contribution in [0.25, 0.3) is 17.2 Å². The van der Waals surface area contributed by atoms with Gasteiger partial charge in [0.2, 0.25) is 5.91 Å². The highest BCUT2D eigenvalue weighted by molar-refractivity contribution is 5.98. The molecule has 0 aromatic heterocycles. The standard InChI is InChI=1S/C27H26N2O5/c1-19(28-25(30)17-14-20-12-15-22(33-2)16-13-20)27(32)34-18-26(31)29-24-11-7-6-10-23(24)21-8-4-3-5-9-21/h3-17,19H,18H2,1-2H3,(H,28,30)(H,29,31). The van der Waals surface area contributed by atoms with Gasteiger partial charge in [0.05, 0.1) is 7.11 Å². The number of amides is 2. The fourth-order valence-electron chi connectivity index (χ4n) is 3.12. The number of esters is 1. The van der Waals surface area contributed by atoms with Crippen molar-refractivity contribution in [2.24, 2.45) is 0 Å². The third-order valence-corrected chi connectivity index (χ3v) is 4.89. The first-order chi connectivity index (χ1) is 16.5. The maximum Gasteiger partial charge on any atom is 0.328 e. The number of hydrogen-bond acceptors (Lipinski definition) is 5. The van der Waals surface area contributed by atoms with E-state index in [0.717, 1.165) is 16.7 Å². The minimum Gasteiger partial charge on any atom is -0.497 e. The summed E-state index contributed by atoms with van der Waals surface area (Å²) in [5.74, 6) is -0.931. The van der Waals surface area contributed by atoms with Gasteiger partial charge in [-0.05, 0) is 42.3 Å². The van der Waals surface area contributed by atoms with Crippen molar-refractivity contribution in [2.75, 3.05) is 19.0 Å². The zero-order valence-corrected chi connectivity index (χ0v) is 19.0. The Morgan fingerprint density at radius 1 is 0.912 bits per heavy atom. The number of benzene rings is 3. The molecule has 2 N–H and O–H groups in total. The molecule has 0 aliphatic heterocycles. The van der Waals surface area contributed by atoms with Crippen LogP contribution in [0.3, 0.4) is 0 Å². The van der Waals surface area contributed by atoms with E-state index in [2.05, 4.69) is 10.6 Å². The molecule has 0 saturated carbocycles. The van der Waals surface area contributed by atoms with E-state index < -0.39 is 30.4 Å². The molecular formula is C27H26N2O5. The summed E-state index contributed by atoms with van der Waals surface area (Å²) in [6.07, 6.45) is 2.93. The molecule has 7 heteroatoms. The molecule has 174 valence electrons. The topological polar surface area (TPSA) is 93.7 Å². The lowest BCUT2D eigenvalue weighted by molar-refractivity contribution is -0.149. The van der Waals surface area contributed by atoms with Crippen molar-refractivity contribution in [1.29, 1.82) is 0 Å². The molecule has 3 rings (SSSR count). The lowest BCUT2D eigenvalue weighted by atomic mass is 10.0. The van der Waals surface area contributed by atoms with Gasteiger partial charge >= 0.3 is 5.97 Å². The zero-order valence-electron chi connectivity index (χ0n) is 19.0. The highest BCUT2D eigenvalue weighted by atomic mass is 16.5.